The Kier molecular flexibility index (Phi) is 9.02. The van der Waals surface area contributed by atoms with Crippen LogP contribution in [-0.2, 0) is 4.79 Å². The summed E-state index contributed by atoms with van der Waals surface area (Å²) >= 11 is 0. The zero-order chi connectivity index (χ0) is 30.3. The van der Waals surface area contributed by atoms with E-state index in [9.17, 15) is 9.59 Å². The highest BCUT2D eigenvalue weighted by Crippen LogP contribution is 2.35. The van der Waals surface area contributed by atoms with E-state index in [1.54, 1.807) is 0 Å². The maximum Gasteiger partial charge on any atom is 0.256 e. The maximum atomic E-state index is 13.4. The van der Waals surface area contributed by atoms with Gasteiger partial charge < -0.3 is 15.5 Å². The standard InChI is InChI=1S/C39H39N3O2/c1-2-24-40-39(44)37(29-11-4-3-5-12-29)30-22-25-42(26-23-30)34-20-18-33(19-21-34)41-38(43)36-15-9-8-14-35(36)32-17-16-28-10-6-7-13-31(28)27-32/h3-21,27,30,37H,2,22-26H2,1H3,(H,40,44)(H,41,43). The first kappa shape index (κ1) is 29.2. The third-order valence-corrected chi connectivity index (χ3v) is 8.72. The van der Waals surface area contributed by atoms with Crippen LogP contribution in [0.4, 0.5) is 11.4 Å². The van der Waals surface area contributed by atoms with E-state index < -0.39 is 0 Å². The van der Waals surface area contributed by atoms with Crippen LogP contribution in [0.5, 0.6) is 0 Å². The largest absolute Gasteiger partial charge is 0.372 e. The number of benzene rings is 5. The molecule has 0 bridgehead atoms. The summed E-state index contributed by atoms with van der Waals surface area (Å²) in [6.07, 6.45) is 2.82. The average Bonchev–Trinajstić information content (AvgIpc) is 3.08. The highest BCUT2D eigenvalue weighted by Gasteiger charge is 2.32. The zero-order valence-corrected chi connectivity index (χ0v) is 25.2. The lowest BCUT2D eigenvalue weighted by molar-refractivity contribution is -0.124. The molecule has 1 saturated heterocycles. The van der Waals surface area contributed by atoms with Gasteiger partial charge in [0.15, 0.2) is 0 Å². The van der Waals surface area contributed by atoms with Crippen LogP contribution in [0.1, 0.15) is 48.0 Å². The number of anilines is 2. The van der Waals surface area contributed by atoms with Crippen LogP contribution in [0.3, 0.4) is 0 Å². The maximum absolute atomic E-state index is 13.4. The van der Waals surface area contributed by atoms with E-state index in [2.05, 4.69) is 77.1 Å². The third kappa shape index (κ3) is 6.52. The smallest absolute Gasteiger partial charge is 0.256 e. The van der Waals surface area contributed by atoms with Crippen LogP contribution in [0.2, 0.25) is 0 Å². The molecule has 1 heterocycles. The number of nitrogens with one attached hydrogen (secondary N) is 2. The van der Waals surface area contributed by atoms with Crippen molar-refractivity contribution in [1.82, 2.24) is 5.32 Å². The normalized spacial score (nSPS) is 14.2. The fourth-order valence-electron chi connectivity index (χ4n) is 6.39. The molecule has 1 atom stereocenters. The number of hydrogen-bond donors (Lipinski definition) is 2. The van der Waals surface area contributed by atoms with Crippen molar-refractivity contribution in [3.8, 4) is 11.1 Å². The van der Waals surface area contributed by atoms with Gasteiger partial charge in [0.05, 0.1) is 5.92 Å². The van der Waals surface area contributed by atoms with Crippen molar-refractivity contribution in [2.24, 2.45) is 5.92 Å². The number of amides is 2. The SMILES string of the molecule is CCCNC(=O)C(c1ccccc1)C1CCN(c2ccc(NC(=O)c3ccccc3-c3ccc4ccccc4c3)cc2)CC1. The van der Waals surface area contributed by atoms with E-state index in [0.29, 0.717) is 18.0 Å². The average molecular weight is 582 g/mol. The van der Waals surface area contributed by atoms with Gasteiger partial charge in [0.25, 0.3) is 5.91 Å². The number of fused-ring (bicyclic) bond motifs is 1. The van der Waals surface area contributed by atoms with Crippen molar-refractivity contribution in [3.63, 3.8) is 0 Å². The molecular formula is C39H39N3O2. The monoisotopic (exact) mass is 581 g/mol. The van der Waals surface area contributed by atoms with Crippen LogP contribution in [-0.4, -0.2) is 31.4 Å². The predicted octanol–water partition coefficient (Wildman–Crippen LogP) is 8.29. The molecule has 44 heavy (non-hydrogen) atoms. The van der Waals surface area contributed by atoms with Crippen molar-refractivity contribution in [1.29, 1.82) is 0 Å². The molecule has 5 aromatic carbocycles. The van der Waals surface area contributed by atoms with E-state index in [-0.39, 0.29) is 17.7 Å². The Morgan fingerprint density at radius 1 is 0.773 bits per heavy atom. The Labute approximate surface area is 259 Å². The number of hydrogen-bond acceptors (Lipinski definition) is 3. The molecule has 6 rings (SSSR count). The highest BCUT2D eigenvalue weighted by molar-refractivity contribution is 6.09. The zero-order valence-electron chi connectivity index (χ0n) is 25.2. The number of rotatable bonds is 9. The Morgan fingerprint density at radius 3 is 2.20 bits per heavy atom. The Morgan fingerprint density at radius 2 is 1.45 bits per heavy atom. The summed E-state index contributed by atoms with van der Waals surface area (Å²) in [6.45, 7) is 4.57. The summed E-state index contributed by atoms with van der Waals surface area (Å²) in [5.74, 6) is 0.182. The van der Waals surface area contributed by atoms with Gasteiger partial charge in [-0.15, -0.1) is 0 Å². The van der Waals surface area contributed by atoms with Gasteiger partial charge in [-0.3, -0.25) is 9.59 Å². The van der Waals surface area contributed by atoms with Crippen molar-refractivity contribution >= 4 is 34.0 Å². The molecule has 2 amide bonds. The van der Waals surface area contributed by atoms with Crippen LogP contribution in [0.25, 0.3) is 21.9 Å². The van der Waals surface area contributed by atoms with Gasteiger partial charge >= 0.3 is 0 Å². The van der Waals surface area contributed by atoms with Gasteiger partial charge in [-0.05, 0) is 89.0 Å². The Balaban J connectivity index is 1.11. The molecule has 2 N–H and O–H groups in total. The lowest BCUT2D eigenvalue weighted by Crippen LogP contribution is -2.40. The minimum Gasteiger partial charge on any atom is -0.372 e. The van der Waals surface area contributed by atoms with Crippen molar-refractivity contribution in [2.75, 3.05) is 29.9 Å². The second-order valence-corrected chi connectivity index (χ2v) is 11.6. The van der Waals surface area contributed by atoms with Gasteiger partial charge in [-0.2, -0.15) is 0 Å². The predicted molar refractivity (Wildman–Crippen MR) is 181 cm³/mol. The number of carbonyl (C=O) groups excluding carboxylic acids is 2. The summed E-state index contributed by atoms with van der Waals surface area (Å²) in [4.78, 5) is 29.0. The molecular weight excluding hydrogens is 542 g/mol. The van der Waals surface area contributed by atoms with Crippen LogP contribution >= 0.6 is 0 Å². The van der Waals surface area contributed by atoms with Gasteiger partial charge in [-0.1, -0.05) is 91.9 Å². The number of nitrogens with zero attached hydrogens (tertiary/aromatic N) is 1. The third-order valence-electron chi connectivity index (χ3n) is 8.72. The van der Waals surface area contributed by atoms with Crippen molar-refractivity contribution in [2.45, 2.75) is 32.1 Å². The van der Waals surface area contributed by atoms with E-state index in [1.165, 1.54) is 5.39 Å². The molecule has 1 aliphatic heterocycles. The van der Waals surface area contributed by atoms with Gasteiger partial charge in [0.1, 0.15) is 0 Å². The molecule has 1 fully saturated rings. The van der Waals surface area contributed by atoms with Gasteiger partial charge in [0.2, 0.25) is 5.91 Å². The van der Waals surface area contributed by atoms with Crippen molar-refractivity contribution in [3.05, 3.63) is 132 Å². The van der Waals surface area contributed by atoms with Crippen LogP contribution in [0.15, 0.2) is 121 Å². The lowest BCUT2D eigenvalue weighted by atomic mass is 9.79. The summed E-state index contributed by atoms with van der Waals surface area (Å²) in [6, 6.07) is 40.6. The number of carbonyl (C=O) groups is 2. The fraction of sp³-hybridized carbons (Fsp3) is 0.231. The highest BCUT2D eigenvalue weighted by atomic mass is 16.2. The summed E-state index contributed by atoms with van der Waals surface area (Å²) < 4.78 is 0. The second kappa shape index (κ2) is 13.6. The summed E-state index contributed by atoms with van der Waals surface area (Å²) in [7, 11) is 0. The minimum absolute atomic E-state index is 0.125. The van der Waals surface area contributed by atoms with Gasteiger partial charge in [0, 0.05) is 36.6 Å². The first-order valence-corrected chi connectivity index (χ1v) is 15.7. The molecule has 0 spiro atoms. The molecule has 0 aromatic heterocycles. The molecule has 5 aromatic rings. The molecule has 1 aliphatic rings. The molecule has 0 radical (unpaired) electrons. The first-order valence-electron chi connectivity index (χ1n) is 15.7. The van der Waals surface area contributed by atoms with E-state index in [0.717, 1.165) is 65.8 Å². The van der Waals surface area contributed by atoms with Gasteiger partial charge in [-0.25, -0.2) is 0 Å². The number of piperidine rings is 1. The second-order valence-electron chi connectivity index (χ2n) is 11.6. The summed E-state index contributed by atoms with van der Waals surface area (Å²) in [5.41, 5.74) is 5.56. The first-order chi connectivity index (χ1) is 21.6. The fourth-order valence-corrected chi connectivity index (χ4v) is 6.39. The van der Waals surface area contributed by atoms with Crippen molar-refractivity contribution < 1.29 is 9.59 Å². The summed E-state index contributed by atoms with van der Waals surface area (Å²) in [5, 5.41) is 8.57. The molecule has 222 valence electrons. The molecule has 0 saturated carbocycles. The molecule has 0 aliphatic carbocycles. The Hall–Kier alpha value is -4.90. The Bertz CT molecular complexity index is 1720. The molecule has 5 heteroatoms. The van der Waals surface area contributed by atoms with E-state index in [1.807, 2.05) is 66.7 Å². The van der Waals surface area contributed by atoms with Crippen LogP contribution in [0, 0.1) is 5.92 Å². The molecule has 5 nitrogen and oxygen atoms in total. The topological polar surface area (TPSA) is 61.4 Å². The quantitative estimate of drug-likeness (QED) is 0.184. The van der Waals surface area contributed by atoms with E-state index in [4.69, 9.17) is 0 Å². The lowest BCUT2D eigenvalue weighted by Gasteiger charge is -2.37. The van der Waals surface area contributed by atoms with Crippen LogP contribution < -0.4 is 15.5 Å². The minimum atomic E-state index is -0.129. The molecule has 1 unspecified atom stereocenters. The van der Waals surface area contributed by atoms with E-state index >= 15 is 0 Å².